The van der Waals surface area contributed by atoms with Gasteiger partial charge < -0.3 is 24.3 Å². The number of methoxy groups -OCH3 is 3. The zero-order valence-corrected chi connectivity index (χ0v) is 15.6. The van der Waals surface area contributed by atoms with Crippen LogP contribution >= 0.6 is 11.6 Å². The van der Waals surface area contributed by atoms with Crippen LogP contribution in [0.3, 0.4) is 0 Å². The first-order valence-corrected chi connectivity index (χ1v) is 7.60. The average molecular weight is 378 g/mol. The van der Waals surface area contributed by atoms with Gasteiger partial charge in [0.05, 0.1) is 26.4 Å². The quantitative estimate of drug-likeness (QED) is 0.793. The Morgan fingerprint density at radius 3 is 2.16 bits per heavy atom. The van der Waals surface area contributed by atoms with Crippen LogP contribution in [0.2, 0.25) is 5.02 Å². The van der Waals surface area contributed by atoms with Crippen molar-refractivity contribution in [3.05, 3.63) is 22.5 Å². The smallest absolute Gasteiger partial charge is 0.408 e. The lowest BCUT2D eigenvalue weighted by atomic mass is 10.1. The first-order valence-electron chi connectivity index (χ1n) is 7.22. The number of ether oxygens (including phenoxy) is 4. The number of hydrogen-bond donors (Lipinski definition) is 1. The molecule has 1 aromatic carbocycles. The highest BCUT2D eigenvalue weighted by Crippen LogP contribution is 2.42. The van der Waals surface area contributed by atoms with Crippen LogP contribution in [0.1, 0.15) is 32.4 Å². The third-order valence-corrected chi connectivity index (χ3v) is 3.37. The minimum absolute atomic E-state index is 0.0606. The summed E-state index contributed by atoms with van der Waals surface area (Å²) in [4.78, 5) is 24.1. The summed E-state index contributed by atoms with van der Waals surface area (Å²) in [5.41, 5.74) is -0.855. The number of nitrogens with one attached hydrogen (secondary N) is 1. The molecule has 0 saturated heterocycles. The fraction of sp³-hybridized carbons (Fsp3) is 0.500. The summed E-state index contributed by atoms with van der Waals surface area (Å²) >= 11 is 6.21. The van der Waals surface area contributed by atoms with Gasteiger partial charge in [0.15, 0.2) is 23.4 Å². The van der Waals surface area contributed by atoms with Crippen molar-refractivity contribution in [2.75, 3.05) is 21.3 Å². The van der Waals surface area contributed by atoms with Crippen LogP contribution in [0, 0.1) is 5.82 Å². The van der Waals surface area contributed by atoms with Gasteiger partial charge in [0.1, 0.15) is 5.60 Å². The molecule has 0 fully saturated rings. The molecule has 7 nitrogen and oxygen atoms in total. The van der Waals surface area contributed by atoms with Crippen LogP contribution in [-0.2, 0) is 14.3 Å². The topological polar surface area (TPSA) is 83.1 Å². The Hall–Kier alpha value is -2.22. The number of amides is 1. The normalized spacial score (nSPS) is 12.2. The molecule has 0 aromatic heterocycles. The first kappa shape index (κ1) is 20.8. The predicted octanol–water partition coefficient (Wildman–Crippen LogP) is 3.24. The lowest BCUT2D eigenvalue weighted by Crippen LogP contribution is -2.38. The molecular weight excluding hydrogens is 357 g/mol. The van der Waals surface area contributed by atoms with Gasteiger partial charge in [0.25, 0.3) is 0 Å². The number of alkyl carbamates (subject to hydrolysis) is 1. The second-order valence-electron chi connectivity index (χ2n) is 5.93. The summed E-state index contributed by atoms with van der Waals surface area (Å²) in [6.45, 7) is 4.97. The molecule has 1 rings (SSSR count). The molecular formula is C16H21ClFNO6. The molecule has 1 atom stereocenters. The van der Waals surface area contributed by atoms with E-state index in [1.807, 2.05) is 0 Å². The minimum Gasteiger partial charge on any atom is -0.491 e. The number of carbonyl (C=O) groups excluding carboxylic acids is 2. The Morgan fingerprint density at radius 2 is 1.72 bits per heavy atom. The van der Waals surface area contributed by atoms with Crippen molar-refractivity contribution in [3.63, 3.8) is 0 Å². The molecule has 1 aromatic rings. The van der Waals surface area contributed by atoms with Crippen LogP contribution < -0.4 is 14.8 Å². The molecule has 25 heavy (non-hydrogen) atoms. The lowest BCUT2D eigenvalue weighted by molar-refractivity contribution is -0.143. The van der Waals surface area contributed by atoms with Crippen LogP contribution in [0.4, 0.5) is 9.18 Å². The zero-order valence-electron chi connectivity index (χ0n) is 14.9. The maximum Gasteiger partial charge on any atom is 0.408 e. The monoisotopic (exact) mass is 377 g/mol. The van der Waals surface area contributed by atoms with Gasteiger partial charge in [-0.15, -0.1) is 0 Å². The molecule has 0 spiro atoms. The maximum atomic E-state index is 14.3. The highest BCUT2D eigenvalue weighted by atomic mass is 35.5. The third kappa shape index (κ3) is 5.12. The van der Waals surface area contributed by atoms with Crippen LogP contribution in [0.5, 0.6) is 11.5 Å². The summed E-state index contributed by atoms with van der Waals surface area (Å²) < 4.78 is 34.0. The number of hydrogen-bond acceptors (Lipinski definition) is 6. The largest absolute Gasteiger partial charge is 0.491 e. The molecule has 0 heterocycles. The number of esters is 1. The Bertz CT molecular complexity index is 659. The Morgan fingerprint density at radius 1 is 1.16 bits per heavy atom. The standard InChI is InChI=1S/C16H21ClFNO6/c1-16(2,3)25-15(21)19-11(14(20)24-6)8-7-9(18)12(22-4)13(23-5)10(8)17/h7,11H,1-6H3,(H,19,21). The van der Waals surface area contributed by atoms with Gasteiger partial charge in [-0.05, 0) is 26.8 Å². The molecule has 0 saturated carbocycles. The third-order valence-electron chi connectivity index (χ3n) is 2.98. The van der Waals surface area contributed by atoms with Crippen molar-refractivity contribution >= 4 is 23.7 Å². The number of benzene rings is 1. The van der Waals surface area contributed by atoms with Gasteiger partial charge in [0.2, 0.25) is 0 Å². The van der Waals surface area contributed by atoms with Crippen molar-refractivity contribution in [2.45, 2.75) is 32.4 Å². The summed E-state index contributed by atoms with van der Waals surface area (Å²) in [5, 5.41) is 2.21. The van der Waals surface area contributed by atoms with Gasteiger partial charge in [0, 0.05) is 5.56 Å². The highest BCUT2D eigenvalue weighted by molar-refractivity contribution is 6.33. The molecule has 0 aliphatic rings. The molecule has 1 amide bonds. The highest BCUT2D eigenvalue weighted by Gasteiger charge is 2.31. The van der Waals surface area contributed by atoms with E-state index in [0.29, 0.717) is 0 Å². The van der Waals surface area contributed by atoms with Crippen LogP contribution in [0.25, 0.3) is 0 Å². The average Bonchev–Trinajstić information content (AvgIpc) is 2.51. The van der Waals surface area contributed by atoms with Gasteiger partial charge in [-0.3, -0.25) is 0 Å². The molecule has 1 unspecified atom stereocenters. The van der Waals surface area contributed by atoms with Crippen molar-refractivity contribution in [1.29, 1.82) is 0 Å². The summed E-state index contributed by atoms with van der Waals surface area (Å²) in [6.07, 6.45) is -0.894. The predicted molar refractivity (Wildman–Crippen MR) is 88.6 cm³/mol. The van der Waals surface area contributed by atoms with E-state index in [4.69, 9.17) is 25.8 Å². The van der Waals surface area contributed by atoms with E-state index < -0.39 is 29.5 Å². The molecule has 1 N–H and O–H groups in total. The van der Waals surface area contributed by atoms with Crippen molar-refractivity contribution in [1.82, 2.24) is 5.32 Å². The van der Waals surface area contributed by atoms with E-state index in [9.17, 15) is 14.0 Å². The Kier molecular flexibility index (Phi) is 6.87. The fourth-order valence-electron chi connectivity index (χ4n) is 1.99. The molecule has 0 bridgehead atoms. The Balaban J connectivity index is 3.35. The first-order chi connectivity index (χ1) is 11.6. The van der Waals surface area contributed by atoms with Gasteiger partial charge >= 0.3 is 12.1 Å². The van der Waals surface area contributed by atoms with Crippen molar-refractivity contribution in [2.24, 2.45) is 0 Å². The molecule has 0 aliphatic heterocycles. The zero-order chi connectivity index (χ0) is 19.4. The van der Waals surface area contributed by atoms with Gasteiger partial charge in [-0.25, -0.2) is 14.0 Å². The van der Waals surface area contributed by atoms with E-state index in [2.05, 4.69) is 10.1 Å². The van der Waals surface area contributed by atoms with Crippen molar-refractivity contribution < 1.29 is 32.9 Å². The molecule has 9 heteroatoms. The SMILES string of the molecule is COC(=O)C(NC(=O)OC(C)(C)C)c1cc(F)c(OC)c(OC)c1Cl. The molecule has 140 valence electrons. The Labute approximate surface area is 150 Å². The lowest BCUT2D eigenvalue weighted by Gasteiger charge is -2.24. The second-order valence-corrected chi connectivity index (χ2v) is 6.31. The molecule has 0 aliphatic carbocycles. The van der Waals surface area contributed by atoms with E-state index in [0.717, 1.165) is 13.2 Å². The number of carbonyl (C=O) groups is 2. The number of rotatable bonds is 5. The van der Waals surface area contributed by atoms with E-state index in [-0.39, 0.29) is 22.1 Å². The summed E-state index contributed by atoms with van der Waals surface area (Å²) in [5.74, 6) is -2.02. The summed E-state index contributed by atoms with van der Waals surface area (Å²) in [6, 6.07) is -0.440. The van der Waals surface area contributed by atoms with E-state index in [1.165, 1.54) is 14.2 Å². The van der Waals surface area contributed by atoms with Crippen LogP contribution in [0.15, 0.2) is 6.07 Å². The second kappa shape index (κ2) is 8.24. The molecule has 0 radical (unpaired) electrons. The maximum absolute atomic E-state index is 14.3. The van der Waals surface area contributed by atoms with Gasteiger partial charge in [-0.1, -0.05) is 11.6 Å². The summed E-state index contributed by atoms with van der Waals surface area (Å²) in [7, 11) is 3.63. The van der Waals surface area contributed by atoms with E-state index >= 15 is 0 Å². The fourth-order valence-corrected chi connectivity index (χ4v) is 2.32. The van der Waals surface area contributed by atoms with Crippen molar-refractivity contribution in [3.8, 4) is 11.5 Å². The van der Waals surface area contributed by atoms with Crippen LogP contribution in [-0.4, -0.2) is 39.0 Å². The van der Waals surface area contributed by atoms with E-state index in [1.54, 1.807) is 20.8 Å². The van der Waals surface area contributed by atoms with Gasteiger partial charge in [-0.2, -0.15) is 0 Å². The number of halogens is 2. The minimum atomic E-state index is -1.40.